The van der Waals surface area contributed by atoms with Gasteiger partial charge in [-0.1, -0.05) is 0 Å². The van der Waals surface area contributed by atoms with E-state index in [9.17, 15) is 5.11 Å². The highest BCUT2D eigenvalue weighted by molar-refractivity contribution is 9.10. The van der Waals surface area contributed by atoms with Gasteiger partial charge in [0.1, 0.15) is 6.10 Å². The van der Waals surface area contributed by atoms with Crippen molar-refractivity contribution in [1.82, 2.24) is 9.78 Å². The predicted octanol–water partition coefficient (Wildman–Crippen LogP) is 2.62. The van der Waals surface area contributed by atoms with E-state index in [0.717, 1.165) is 4.47 Å². The van der Waals surface area contributed by atoms with E-state index in [1.807, 2.05) is 0 Å². The third-order valence-corrected chi connectivity index (χ3v) is 3.39. The average Bonchev–Trinajstić information content (AvgIpc) is 2.73. The van der Waals surface area contributed by atoms with Crippen molar-refractivity contribution in [3.63, 3.8) is 0 Å². The van der Waals surface area contributed by atoms with Crippen molar-refractivity contribution in [1.29, 1.82) is 0 Å². The summed E-state index contributed by atoms with van der Waals surface area (Å²) in [5, 5.41) is 14.2. The Labute approximate surface area is 103 Å². The first kappa shape index (κ1) is 10.9. The number of aryl methyl sites for hydroxylation is 1. The minimum absolute atomic E-state index is 0.531. The monoisotopic (exact) mass is 334 g/mol. The fourth-order valence-corrected chi connectivity index (χ4v) is 2.40. The van der Waals surface area contributed by atoms with Crippen molar-refractivity contribution < 1.29 is 9.52 Å². The lowest BCUT2D eigenvalue weighted by molar-refractivity contribution is 0.206. The van der Waals surface area contributed by atoms with E-state index in [4.69, 9.17) is 4.42 Å². The molecule has 1 unspecified atom stereocenters. The van der Waals surface area contributed by atoms with Gasteiger partial charge in [0.05, 0.1) is 22.6 Å². The number of furan rings is 1. The lowest BCUT2D eigenvalue weighted by Gasteiger charge is -2.10. The number of aromatic nitrogens is 2. The second-order valence-corrected chi connectivity index (χ2v) is 4.63. The molecule has 0 aliphatic carbocycles. The zero-order chi connectivity index (χ0) is 11.0. The Hall–Kier alpha value is -0.590. The van der Waals surface area contributed by atoms with Gasteiger partial charge in [-0.2, -0.15) is 5.10 Å². The van der Waals surface area contributed by atoms with E-state index in [-0.39, 0.29) is 0 Å². The van der Waals surface area contributed by atoms with Crippen molar-refractivity contribution in [3.05, 3.63) is 38.9 Å². The molecule has 4 nitrogen and oxygen atoms in total. The zero-order valence-corrected chi connectivity index (χ0v) is 11.0. The number of nitrogens with zero attached hydrogens (tertiary/aromatic N) is 2. The summed E-state index contributed by atoms with van der Waals surface area (Å²) in [5.41, 5.74) is 1.37. The van der Waals surface area contributed by atoms with Gasteiger partial charge in [0, 0.05) is 12.6 Å². The Morgan fingerprint density at radius 2 is 2.27 bits per heavy atom. The molecule has 2 aromatic rings. The molecule has 0 aliphatic heterocycles. The zero-order valence-electron chi connectivity index (χ0n) is 7.82. The molecule has 0 bridgehead atoms. The highest BCUT2D eigenvalue weighted by Gasteiger charge is 2.21. The van der Waals surface area contributed by atoms with Crippen LogP contribution in [0.5, 0.6) is 0 Å². The van der Waals surface area contributed by atoms with Crippen molar-refractivity contribution in [3.8, 4) is 0 Å². The SMILES string of the molecule is Cn1ncc(Br)c1C(O)c1ccoc1Br. The summed E-state index contributed by atoms with van der Waals surface area (Å²) in [6.45, 7) is 0. The fourth-order valence-electron chi connectivity index (χ4n) is 1.37. The molecule has 6 heteroatoms. The summed E-state index contributed by atoms with van der Waals surface area (Å²) in [6.07, 6.45) is 2.40. The molecular weight excluding hydrogens is 328 g/mol. The van der Waals surface area contributed by atoms with Gasteiger partial charge in [-0.3, -0.25) is 4.68 Å². The summed E-state index contributed by atoms with van der Waals surface area (Å²) in [5.74, 6) is 0. The third kappa shape index (κ3) is 1.89. The minimum Gasteiger partial charge on any atom is -0.457 e. The van der Waals surface area contributed by atoms with Gasteiger partial charge in [0.25, 0.3) is 0 Å². The predicted molar refractivity (Wildman–Crippen MR) is 61.4 cm³/mol. The first-order valence-electron chi connectivity index (χ1n) is 4.19. The maximum absolute atomic E-state index is 10.1. The molecule has 0 amide bonds. The number of rotatable bonds is 2. The molecule has 80 valence electrons. The maximum Gasteiger partial charge on any atom is 0.175 e. The molecule has 0 radical (unpaired) electrons. The van der Waals surface area contributed by atoms with Crippen molar-refractivity contribution in [2.24, 2.45) is 7.05 Å². The van der Waals surface area contributed by atoms with Crippen LogP contribution in [0, 0.1) is 0 Å². The van der Waals surface area contributed by atoms with Crippen LogP contribution in [-0.2, 0) is 7.05 Å². The third-order valence-electron chi connectivity index (χ3n) is 2.14. The quantitative estimate of drug-likeness (QED) is 0.917. The van der Waals surface area contributed by atoms with Crippen molar-refractivity contribution in [2.45, 2.75) is 6.10 Å². The molecule has 2 heterocycles. The average molecular weight is 336 g/mol. The Morgan fingerprint density at radius 3 is 2.73 bits per heavy atom. The number of hydrogen-bond donors (Lipinski definition) is 1. The Kier molecular flexibility index (Phi) is 2.99. The summed E-state index contributed by atoms with van der Waals surface area (Å²) in [6, 6.07) is 1.72. The minimum atomic E-state index is -0.764. The van der Waals surface area contributed by atoms with Gasteiger partial charge < -0.3 is 9.52 Å². The summed E-state index contributed by atoms with van der Waals surface area (Å²) in [4.78, 5) is 0. The van der Waals surface area contributed by atoms with Crippen LogP contribution in [-0.4, -0.2) is 14.9 Å². The van der Waals surface area contributed by atoms with Crippen LogP contribution in [0.1, 0.15) is 17.4 Å². The van der Waals surface area contributed by atoms with Crippen LogP contribution in [0.25, 0.3) is 0 Å². The Bertz CT molecular complexity index is 459. The van der Waals surface area contributed by atoms with Crippen molar-refractivity contribution in [2.75, 3.05) is 0 Å². The fraction of sp³-hybridized carbons (Fsp3) is 0.222. The molecule has 1 N–H and O–H groups in total. The van der Waals surface area contributed by atoms with E-state index in [1.165, 1.54) is 6.26 Å². The van der Waals surface area contributed by atoms with E-state index in [1.54, 1.807) is 24.0 Å². The normalized spacial score (nSPS) is 13.1. The first-order chi connectivity index (χ1) is 7.11. The number of aliphatic hydroxyl groups excluding tert-OH is 1. The summed E-state index contributed by atoms with van der Waals surface area (Å²) in [7, 11) is 1.78. The lowest BCUT2D eigenvalue weighted by atomic mass is 10.1. The highest BCUT2D eigenvalue weighted by Crippen LogP contribution is 2.32. The van der Waals surface area contributed by atoms with Crippen LogP contribution in [0.3, 0.4) is 0 Å². The number of halogens is 2. The Balaban J connectivity index is 2.45. The second-order valence-electron chi connectivity index (χ2n) is 3.05. The number of hydrogen-bond acceptors (Lipinski definition) is 3. The highest BCUT2D eigenvalue weighted by atomic mass is 79.9. The smallest absolute Gasteiger partial charge is 0.175 e. The molecule has 0 aromatic carbocycles. The molecule has 0 aliphatic rings. The van der Waals surface area contributed by atoms with Gasteiger partial charge in [0.2, 0.25) is 0 Å². The van der Waals surface area contributed by atoms with Gasteiger partial charge in [-0.05, 0) is 37.9 Å². The van der Waals surface area contributed by atoms with E-state index in [0.29, 0.717) is 15.9 Å². The van der Waals surface area contributed by atoms with Crippen LogP contribution < -0.4 is 0 Å². The second kappa shape index (κ2) is 4.11. The van der Waals surface area contributed by atoms with E-state index >= 15 is 0 Å². The van der Waals surface area contributed by atoms with Crippen molar-refractivity contribution >= 4 is 31.9 Å². The largest absolute Gasteiger partial charge is 0.457 e. The van der Waals surface area contributed by atoms with E-state index in [2.05, 4.69) is 37.0 Å². The number of aliphatic hydroxyl groups is 1. The van der Waals surface area contributed by atoms with Gasteiger partial charge in [0.15, 0.2) is 4.67 Å². The molecule has 0 spiro atoms. The standard InChI is InChI=1S/C9H8Br2N2O2/c1-13-7(6(10)4-12-13)8(14)5-2-3-15-9(5)11/h2-4,8,14H,1H3. The molecule has 0 saturated carbocycles. The molecule has 0 fully saturated rings. The molecule has 2 rings (SSSR count). The topological polar surface area (TPSA) is 51.2 Å². The molecule has 15 heavy (non-hydrogen) atoms. The molecular formula is C9H8Br2N2O2. The molecule has 0 saturated heterocycles. The van der Waals surface area contributed by atoms with Gasteiger partial charge >= 0.3 is 0 Å². The van der Waals surface area contributed by atoms with Crippen LogP contribution in [0.2, 0.25) is 0 Å². The van der Waals surface area contributed by atoms with Crippen LogP contribution in [0.4, 0.5) is 0 Å². The molecule has 2 aromatic heterocycles. The van der Waals surface area contributed by atoms with Crippen LogP contribution >= 0.6 is 31.9 Å². The van der Waals surface area contributed by atoms with Crippen LogP contribution in [0.15, 0.2) is 32.1 Å². The summed E-state index contributed by atoms with van der Waals surface area (Å²) < 4.78 is 7.99. The summed E-state index contributed by atoms with van der Waals surface area (Å²) >= 11 is 6.57. The van der Waals surface area contributed by atoms with E-state index < -0.39 is 6.10 Å². The molecule has 1 atom stereocenters. The van der Waals surface area contributed by atoms with Gasteiger partial charge in [-0.15, -0.1) is 0 Å². The Morgan fingerprint density at radius 1 is 1.53 bits per heavy atom. The van der Waals surface area contributed by atoms with Gasteiger partial charge in [-0.25, -0.2) is 0 Å². The first-order valence-corrected chi connectivity index (χ1v) is 5.78. The maximum atomic E-state index is 10.1. The lowest BCUT2D eigenvalue weighted by Crippen LogP contribution is -2.06.